The topological polar surface area (TPSA) is 26.3 Å². The lowest BCUT2D eigenvalue weighted by atomic mass is 9.78. The van der Waals surface area contributed by atoms with Gasteiger partial charge in [-0.25, -0.2) is 0 Å². The highest BCUT2D eigenvalue weighted by Gasteiger charge is 2.41. The predicted octanol–water partition coefficient (Wildman–Crippen LogP) is 4.63. The van der Waals surface area contributed by atoms with E-state index in [9.17, 15) is 4.79 Å². The maximum atomic E-state index is 12.8. The average molecular weight is 369 g/mol. The third kappa shape index (κ3) is 3.38. The van der Waals surface area contributed by atoms with Gasteiger partial charge in [0, 0.05) is 22.6 Å². The number of hydrogen-bond donors (Lipinski definition) is 0. The second-order valence-electron chi connectivity index (χ2n) is 6.16. The zero-order valence-electron chi connectivity index (χ0n) is 12.4. The van der Waals surface area contributed by atoms with Gasteiger partial charge in [-0.1, -0.05) is 28.1 Å². The highest BCUT2D eigenvalue weighted by Crippen LogP contribution is 2.40. The van der Waals surface area contributed by atoms with Crippen LogP contribution in [0, 0.1) is 12.8 Å². The van der Waals surface area contributed by atoms with Gasteiger partial charge in [0.2, 0.25) is 0 Å². The van der Waals surface area contributed by atoms with E-state index in [1.54, 1.807) is 0 Å². The van der Waals surface area contributed by atoms with Crippen molar-refractivity contribution in [3.8, 4) is 0 Å². The molecular weight excluding hydrogens is 348 g/mol. The minimum Gasteiger partial charge on any atom is -0.375 e. The number of ketones is 1. The summed E-state index contributed by atoms with van der Waals surface area (Å²) in [4.78, 5) is 12.8. The first-order valence-electron chi connectivity index (χ1n) is 7.62. The minimum absolute atomic E-state index is 0.0221. The second-order valence-corrected chi connectivity index (χ2v) is 8.24. The van der Waals surface area contributed by atoms with E-state index in [2.05, 4.69) is 15.9 Å². The minimum atomic E-state index is -0.0221. The number of benzene rings is 1. The van der Waals surface area contributed by atoms with Crippen molar-refractivity contribution in [1.29, 1.82) is 0 Å². The van der Waals surface area contributed by atoms with Crippen molar-refractivity contribution in [1.82, 2.24) is 0 Å². The van der Waals surface area contributed by atoms with Gasteiger partial charge >= 0.3 is 0 Å². The van der Waals surface area contributed by atoms with E-state index in [0.29, 0.717) is 0 Å². The van der Waals surface area contributed by atoms with Gasteiger partial charge in [0.05, 0.1) is 5.60 Å². The van der Waals surface area contributed by atoms with Crippen LogP contribution in [0.1, 0.15) is 41.6 Å². The van der Waals surface area contributed by atoms with Crippen LogP contribution in [0.25, 0.3) is 0 Å². The molecule has 2 aliphatic rings. The molecule has 0 saturated carbocycles. The lowest BCUT2D eigenvalue weighted by Crippen LogP contribution is -2.44. The van der Waals surface area contributed by atoms with Gasteiger partial charge in [0.25, 0.3) is 0 Å². The number of thioether (sulfide) groups is 1. The van der Waals surface area contributed by atoms with E-state index in [1.165, 1.54) is 5.56 Å². The molecule has 0 bridgehead atoms. The Bertz CT molecular complexity index is 532. The summed E-state index contributed by atoms with van der Waals surface area (Å²) in [6, 6.07) is 5.95. The summed E-state index contributed by atoms with van der Waals surface area (Å²) in [7, 11) is 0. The average Bonchev–Trinajstić information content (AvgIpc) is 2.50. The van der Waals surface area contributed by atoms with Crippen LogP contribution in [0.3, 0.4) is 0 Å². The molecule has 1 aromatic rings. The zero-order chi connectivity index (χ0) is 14.9. The molecule has 2 saturated heterocycles. The SMILES string of the molecule is Cc1ccc(C(=O)C2CCOC3(CCSCC3)C2)cc1Br. The molecule has 114 valence electrons. The molecule has 2 heterocycles. The fraction of sp³-hybridized carbons (Fsp3) is 0.588. The molecule has 0 aliphatic carbocycles. The van der Waals surface area contributed by atoms with Crippen molar-refractivity contribution in [3.63, 3.8) is 0 Å². The van der Waals surface area contributed by atoms with Gasteiger partial charge in [-0.05, 0) is 55.7 Å². The molecule has 2 fully saturated rings. The first kappa shape index (κ1) is 15.6. The Hall–Kier alpha value is -0.320. The van der Waals surface area contributed by atoms with Gasteiger partial charge in [-0.3, -0.25) is 4.79 Å². The molecule has 2 nitrogen and oxygen atoms in total. The van der Waals surface area contributed by atoms with Gasteiger partial charge in [0.15, 0.2) is 5.78 Å². The van der Waals surface area contributed by atoms with E-state index in [1.807, 2.05) is 36.9 Å². The Labute approximate surface area is 139 Å². The van der Waals surface area contributed by atoms with E-state index >= 15 is 0 Å². The number of carbonyl (C=O) groups is 1. The Morgan fingerprint density at radius 1 is 1.38 bits per heavy atom. The third-order valence-corrected chi connectivity index (χ3v) is 6.56. The third-order valence-electron chi connectivity index (χ3n) is 4.72. The smallest absolute Gasteiger partial charge is 0.166 e. The number of ether oxygens (including phenoxy) is 1. The number of halogens is 1. The number of hydrogen-bond acceptors (Lipinski definition) is 3. The molecule has 1 atom stereocenters. The predicted molar refractivity (Wildman–Crippen MR) is 91.2 cm³/mol. The van der Waals surface area contributed by atoms with Crippen LogP contribution in [-0.4, -0.2) is 29.5 Å². The monoisotopic (exact) mass is 368 g/mol. The van der Waals surface area contributed by atoms with Crippen LogP contribution in [0.2, 0.25) is 0 Å². The summed E-state index contributed by atoms with van der Waals surface area (Å²) in [5.41, 5.74) is 1.98. The summed E-state index contributed by atoms with van der Waals surface area (Å²) in [6.45, 7) is 2.77. The Balaban J connectivity index is 1.76. The number of Topliss-reactive ketones (excluding diaryl/α,β-unsaturated/α-hetero) is 1. The molecule has 0 aromatic heterocycles. The molecule has 2 aliphatic heterocycles. The number of carbonyl (C=O) groups excluding carboxylic acids is 1. The van der Waals surface area contributed by atoms with Crippen molar-refractivity contribution in [2.75, 3.05) is 18.1 Å². The number of rotatable bonds is 2. The van der Waals surface area contributed by atoms with Crippen LogP contribution in [0.15, 0.2) is 22.7 Å². The second kappa shape index (κ2) is 6.43. The van der Waals surface area contributed by atoms with Crippen molar-refractivity contribution < 1.29 is 9.53 Å². The molecule has 3 rings (SSSR count). The highest BCUT2D eigenvalue weighted by molar-refractivity contribution is 9.10. The van der Waals surface area contributed by atoms with E-state index < -0.39 is 0 Å². The standard InChI is InChI=1S/C17H21BrO2S/c1-12-2-3-13(10-15(12)18)16(19)14-4-7-20-17(11-14)5-8-21-9-6-17/h2-3,10,14H,4-9,11H2,1H3. The molecule has 0 amide bonds. The zero-order valence-corrected chi connectivity index (χ0v) is 14.8. The molecule has 0 radical (unpaired) electrons. The number of aryl methyl sites for hydroxylation is 1. The van der Waals surface area contributed by atoms with Gasteiger partial charge in [-0.2, -0.15) is 11.8 Å². The molecule has 4 heteroatoms. The van der Waals surface area contributed by atoms with Crippen LogP contribution in [0.4, 0.5) is 0 Å². The molecule has 1 aromatic carbocycles. The first-order valence-corrected chi connectivity index (χ1v) is 9.56. The van der Waals surface area contributed by atoms with Crippen LogP contribution in [0.5, 0.6) is 0 Å². The van der Waals surface area contributed by atoms with E-state index in [0.717, 1.165) is 53.8 Å². The summed E-state index contributed by atoms with van der Waals surface area (Å²) >= 11 is 5.53. The first-order chi connectivity index (χ1) is 10.1. The van der Waals surface area contributed by atoms with Gasteiger partial charge in [-0.15, -0.1) is 0 Å². The molecular formula is C17H21BrO2S. The van der Waals surface area contributed by atoms with Crippen LogP contribution >= 0.6 is 27.7 Å². The normalized spacial score (nSPS) is 25.0. The van der Waals surface area contributed by atoms with Gasteiger partial charge in [0.1, 0.15) is 0 Å². The van der Waals surface area contributed by atoms with E-state index in [-0.39, 0.29) is 17.3 Å². The maximum Gasteiger partial charge on any atom is 0.166 e. The van der Waals surface area contributed by atoms with Crippen molar-refractivity contribution in [2.45, 2.75) is 38.2 Å². The largest absolute Gasteiger partial charge is 0.375 e. The lowest BCUT2D eigenvalue weighted by Gasteiger charge is -2.42. The van der Waals surface area contributed by atoms with Crippen LogP contribution < -0.4 is 0 Å². The van der Waals surface area contributed by atoms with E-state index in [4.69, 9.17) is 4.74 Å². The Kier molecular flexibility index (Phi) is 4.77. The van der Waals surface area contributed by atoms with Crippen LogP contribution in [-0.2, 0) is 4.74 Å². The Morgan fingerprint density at radius 3 is 2.86 bits per heavy atom. The fourth-order valence-electron chi connectivity index (χ4n) is 3.33. The lowest BCUT2D eigenvalue weighted by molar-refractivity contribution is -0.0959. The molecule has 21 heavy (non-hydrogen) atoms. The summed E-state index contributed by atoms with van der Waals surface area (Å²) in [6.07, 6.45) is 3.95. The van der Waals surface area contributed by atoms with Gasteiger partial charge < -0.3 is 4.74 Å². The van der Waals surface area contributed by atoms with Crippen molar-refractivity contribution in [3.05, 3.63) is 33.8 Å². The summed E-state index contributed by atoms with van der Waals surface area (Å²) < 4.78 is 7.11. The highest BCUT2D eigenvalue weighted by atomic mass is 79.9. The maximum absolute atomic E-state index is 12.8. The van der Waals surface area contributed by atoms with Crippen molar-refractivity contribution in [2.24, 2.45) is 5.92 Å². The fourth-order valence-corrected chi connectivity index (χ4v) is 4.94. The van der Waals surface area contributed by atoms with Crippen molar-refractivity contribution >= 4 is 33.5 Å². The Morgan fingerprint density at radius 2 is 2.14 bits per heavy atom. The molecule has 1 unspecified atom stereocenters. The summed E-state index contributed by atoms with van der Waals surface area (Å²) in [5.74, 6) is 2.74. The molecule has 0 N–H and O–H groups in total. The summed E-state index contributed by atoms with van der Waals surface area (Å²) in [5, 5.41) is 0. The quantitative estimate of drug-likeness (QED) is 0.711. The molecule has 1 spiro atoms.